The Bertz CT molecular complexity index is 1830. The van der Waals surface area contributed by atoms with Gasteiger partial charge in [0.1, 0.15) is 0 Å². The molecule has 3 N–H and O–H groups in total. The third-order valence-electron chi connectivity index (χ3n) is 7.18. The fourth-order valence-electron chi connectivity index (χ4n) is 5.46. The van der Waals surface area contributed by atoms with Crippen molar-refractivity contribution >= 4 is 49.3 Å². The number of hydrogen-bond acceptors (Lipinski definition) is 2. The predicted octanol–water partition coefficient (Wildman–Crippen LogP) is 12.2. The minimum Gasteiger partial charge on any atom is -0.397 e. The van der Waals surface area contributed by atoms with E-state index in [9.17, 15) is 0 Å². The van der Waals surface area contributed by atoms with E-state index >= 15 is 0 Å². The Morgan fingerprint density at radius 1 is 0.682 bits per heavy atom. The summed E-state index contributed by atoms with van der Waals surface area (Å²) in [5, 5.41) is 11.0. The number of nitrogens with one attached hydrogen (secondary N) is 1. The Labute approximate surface area is 263 Å². The van der Waals surface area contributed by atoms with E-state index in [1.807, 2.05) is 38.1 Å². The summed E-state index contributed by atoms with van der Waals surface area (Å²) in [6.45, 7) is 13.2. The van der Waals surface area contributed by atoms with Gasteiger partial charge in [0.25, 0.3) is 0 Å². The van der Waals surface area contributed by atoms with Crippen LogP contribution in [0.2, 0.25) is 0 Å². The highest BCUT2D eigenvalue weighted by Crippen LogP contribution is 2.42. The number of nitrogen functional groups attached to an aromatic ring is 1. The third kappa shape index (κ3) is 7.38. The number of hydrogen-bond donors (Lipinski definition) is 2. The van der Waals surface area contributed by atoms with Gasteiger partial charge in [-0.1, -0.05) is 150 Å². The Kier molecular flexibility index (Phi) is 11.4. The summed E-state index contributed by atoms with van der Waals surface area (Å²) in [4.78, 5) is 0. The maximum absolute atomic E-state index is 6.17. The maximum atomic E-state index is 6.17. The van der Waals surface area contributed by atoms with Crippen LogP contribution in [-0.4, -0.2) is 6.54 Å². The second kappa shape index (κ2) is 15.6. The second-order valence-corrected chi connectivity index (χ2v) is 11.3. The molecule has 6 aromatic carbocycles. The second-order valence-electron chi connectivity index (χ2n) is 11.3. The van der Waals surface area contributed by atoms with E-state index in [2.05, 4.69) is 142 Å². The van der Waals surface area contributed by atoms with E-state index in [4.69, 9.17) is 5.73 Å². The molecule has 0 radical (unpaired) electrons. The van der Waals surface area contributed by atoms with E-state index in [1.165, 1.54) is 54.6 Å². The van der Waals surface area contributed by atoms with Gasteiger partial charge in [0.2, 0.25) is 0 Å². The number of para-hydroxylation sites is 2. The van der Waals surface area contributed by atoms with Crippen molar-refractivity contribution in [2.24, 2.45) is 5.92 Å². The van der Waals surface area contributed by atoms with E-state index in [-0.39, 0.29) is 0 Å². The predicted molar refractivity (Wildman–Crippen MR) is 198 cm³/mol. The smallest absolute Gasteiger partial charge is 0.0576 e. The van der Waals surface area contributed by atoms with Crippen molar-refractivity contribution < 1.29 is 0 Å². The molecule has 0 aliphatic rings. The normalized spacial score (nSPS) is 11.4. The number of anilines is 2. The molecule has 2 heteroatoms. The van der Waals surface area contributed by atoms with Crippen molar-refractivity contribution in [3.63, 3.8) is 0 Å². The Balaban J connectivity index is 0.000000683. The average molecular weight is 579 g/mol. The molecule has 0 aliphatic carbocycles. The largest absolute Gasteiger partial charge is 0.397 e. The van der Waals surface area contributed by atoms with Crippen LogP contribution in [0, 0.1) is 5.92 Å². The molecular formula is C42H46N2. The highest BCUT2D eigenvalue weighted by Gasteiger charge is 2.17. The van der Waals surface area contributed by atoms with E-state index < -0.39 is 0 Å². The van der Waals surface area contributed by atoms with Crippen LogP contribution in [0.25, 0.3) is 49.0 Å². The Morgan fingerprint density at radius 3 is 1.80 bits per heavy atom. The molecule has 224 valence electrons. The summed E-state index contributed by atoms with van der Waals surface area (Å²) in [7, 11) is 0. The van der Waals surface area contributed by atoms with Gasteiger partial charge in [0, 0.05) is 6.54 Å². The summed E-state index contributed by atoms with van der Waals surface area (Å²) in [5.74, 6) is 0.833. The quantitative estimate of drug-likeness (QED) is 0.117. The summed E-state index contributed by atoms with van der Waals surface area (Å²) in [6.07, 6.45) is 6.58. The highest BCUT2D eigenvalue weighted by molar-refractivity contribution is 6.19. The zero-order valence-electron chi connectivity index (χ0n) is 27.1. The van der Waals surface area contributed by atoms with Gasteiger partial charge in [0.05, 0.1) is 11.4 Å². The van der Waals surface area contributed by atoms with Gasteiger partial charge < -0.3 is 11.1 Å². The van der Waals surface area contributed by atoms with Crippen molar-refractivity contribution in [3.8, 4) is 11.1 Å². The molecule has 0 fully saturated rings. The molecule has 0 atom stereocenters. The van der Waals surface area contributed by atoms with Gasteiger partial charge >= 0.3 is 0 Å². The molecule has 0 saturated heterocycles. The van der Waals surface area contributed by atoms with Crippen molar-refractivity contribution in [1.29, 1.82) is 0 Å². The lowest BCUT2D eigenvalue weighted by atomic mass is 9.85. The van der Waals surface area contributed by atoms with Crippen LogP contribution in [0.1, 0.15) is 47.1 Å². The topological polar surface area (TPSA) is 38.0 Å². The van der Waals surface area contributed by atoms with E-state index in [0.717, 1.165) is 17.3 Å². The zero-order valence-corrected chi connectivity index (χ0v) is 27.1. The maximum Gasteiger partial charge on any atom is 0.0576 e. The van der Waals surface area contributed by atoms with Crippen molar-refractivity contribution in [1.82, 2.24) is 0 Å². The Morgan fingerprint density at radius 2 is 1.20 bits per heavy atom. The summed E-state index contributed by atoms with van der Waals surface area (Å²) in [5.41, 5.74) is 12.8. The molecule has 0 aromatic heterocycles. The van der Waals surface area contributed by atoms with Gasteiger partial charge in [-0.15, -0.1) is 0 Å². The molecule has 0 aliphatic heterocycles. The number of rotatable bonds is 6. The summed E-state index contributed by atoms with van der Waals surface area (Å²) in [6, 6.07) is 40.8. The molecule has 0 spiro atoms. The van der Waals surface area contributed by atoms with Gasteiger partial charge in [-0.05, 0) is 85.6 Å². The van der Waals surface area contributed by atoms with Crippen LogP contribution in [0.5, 0.6) is 0 Å². The van der Waals surface area contributed by atoms with E-state index in [0.29, 0.717) is 6.54 Å². The van der Waals surface area contributed by atoms with Crippen LogP contribution in [0.4, 0.5) is 11.4 Å². The van der Waals surface area contributed by atoms with Crippen molar-refractivity contribution in [2.75, 3.05) is 17.6 Å². The first-order chi connectivity index (χ1) is 21.5. The summed E-state index contributed by atoms with van der Waals surface area (Å²) >= 11 is 0. The van der Waals surface area contributed by atoms with Crippen molar-refractivity contribution in [3.05, 3.63) is 139 Å². The van der Waals surface area contributed by atoms with E-state index in [1.54, 1.807) is 0 Å². The lowest BCUT2D eigenvalue weighted by Crippen LogP contribution is -2.02. The minimum absolute atomic E-state index is 0.670. The SMILES string of the molecule is C/C=C\C(=C/CNc1ccccc1N)c1c2ccccc2c(-c2ccc3ccccc3c2)c2ccccc12.CC.CC(C)C. The molecule has 0 bridgehead atoms. The van der Waals surface area contributed by atoms with Gasteiger partial charge in [-0.25, -0.2) is 0 Å². The molecule has 0 heterocycles. The van der Waals surface area contributed by atoms with Crippen LogP contribution in [0.3, 0.4) is 0 Å². The highest BCUT2D eigenvalue weighted by atomic mass is 14.9. The van der Waals surface area contributed by atoms with Crippen LogP contribution in [-0.2, 0) is 0 Å². The van der Waals surface area contributed by atoms with Crippen LogP contribution >= 0.6 is 0 Å². The molecule has 0 unspecified atom stereocenters. The van der Waals surface area contributed by atoms with Gasteiger partial charge in [0.15, 0.2) is 0 Å². The third-order valence-corrected chi connectivity index (χ3v) is 7.18. The zero-order chi connectivity index (χ0) is 31.5. The number of benzene rings is 6. The first-order valence-electron chi connectivity index (χ1n) is 15.8. The van der Waals surface area contributed by atoms with Gasteiger partial charge in [-0.3, -0.25) is 0 Å². The molecule has 0 saturated carbocycles. The number of nitrogens with two attached hydrogens (primary N) is 1. The lowest BCUT2D eigenvalue weighted by Gasteiger charge is -2.19. The molecule has 6 rings (SSSR count). The molecule has 0 amide bonds. The number of fused-ring (bicyclic) bond motifs is 3. The number of allylic oxidation sites excluding steroid dienone is 3. The fourth-order valence-corrected chi connectivity index (χ4v) is 5.46. The lowest BCUT2D eigenvalue weighted by molar-refractivity contribution is 0.737. The summed E-state index contributed by atoms with van der Waals surface area (Å²) < 4.78 is 0. The van der Waals surface area contributed by atoms with Crippen molar-refractivity contribution in [2.45, 2.75) is 41.5 Å². The average Bonchev–Trinajstić information content (AvgIpc) is 3.04. The Hall–Kier alpha value is -4.82. The first-order valence-corrected chi connectivity index (χ1v) is 15.8. The molecule has 6 aromatic rings. The van der Waals surface area contributed by atoms with Crippen LogP contribution < -0.4 is 11.1 Å². The van der Waals surface area contributed by atoms with Gasteiger partial charge in [-0.2, -0.15) is 0 Å². The molecular weight excluding hydrogens is 532 g/mol. The fraction of sp³-hybridized carbons (Fsp3) is 0.190. The van der Waals surface area contributed by atoms with Crippen LogP contribution in [0.15, 0.2) is 133 Å². The first kappa shape index (κ1) is 32.1. The minimum atomic E-state index is 0.670. The molecule has 44 heavy (non-hydrogen) atoms. The monoisotopic (exact) mass is 578 g/mol. The standard InChI is InChI=1S/C36H30N2.C4H10.C2H6/c1-2-11-26(22-23-38-34-19-10-9-18-33(34)37)35-29-14-5-7-16-31(29)36(32-17-8-6-15-30(32)35)28-21-20-25-12-3-4-13-27(25)24-28;1-4(2)3;1-2/h2-22,24,38H,23,37H2,1H3;4H,1-3H3;1-2H3/b11-2-,26-22+;;. The molecule has 2 nitrogen and oxygen atoms in total.